The first-order valence-electron chi connectivity index (χ1n) is 12.2. The summed E-state index contributed by atoms with van der Waals surface area (Å²) in [7, 11) is 0. The predicted octanol–water partition coefficient (Wildman–Crippen LogP) is 12.3. The Morgan fingerprint density at radius 1 is 0.500 bits per heavy atom. The van der Waals surface area contributed by atoms with Crippen molar-refractivity contribution in [2.24, 2.45) is 0 Å². The van der Waals surface area contributed by atoms with Crippen LogP contribution in [0.15, 0.2) is 60.7 Å². The zero-order valence-electron chi connectivity index (χ0n) is 20.4. The first-order chi connectivity index (χ1) is 17.2. The van der Waals surface area contributed by atoms with E-state index in [0.717, 1.165) is 48.7 Å². The third-order valence-electron chi connectivity index (χ3n) is 7.42. The van der Waals surface area contributed by atoms with E-state index in [-0.39, 0.29) is 0 Å². The summed E-state index contributed by atoms with van der Waals surface area (Å²) >= 11 is 28.1. The molecule has 0 atom stereocenters. The van der Waals surface area contributed by atoms with Gasteiger partial charge in [-0.25, -0.2) is 0 Å². The third kappa shape index (κ3) is 3.35. The molecule has 0 amide bonds. The van der Waals surface area contributed by atoms with E-state index in [1.165, 1.54) is 16.7 Å². The van der Waals surface area contributed by atoms with Crippen molar-refractivity contribution in [3.05, 3.63) is 91.9 Å². The summed E-state index contributed by atoms with van der Waals surface area (Å²) in [6, 6.07) is 20.8. The number of halogens is 4. The van der Waals surface area contributed by atoms with Crippen molar-refractivity contribution in [1.82, 2.24) is 0 Å². The molecule has 36 heavy (non-hydrogen) atoms. The molecule has 4 heteroatoms. The van der Waals surface area contributed by atoms with Crippen LogP contribution in [0, 0.1) is 0 Å². The molecule has 6 rings (SSSR count). The van der Waals surface area contributed by atoms with E-state index >= 15 is 0 Å². The van der Waals surface area contributed by atoms with Crippen LogP contribution in [0.25, 0.3) is 54.2 Å². The molecule has 0 saturated heterocycles. The molecule has 0 aliphatic rings. The minimum atomic E-state index is 0.342. The molecule has 6 aromatic rings. The SMILES string of the molecule is CC(C)c1cccc(C(C)C)c1-c1cc2ccc(Cl)c3c4c(Cl)ccc5ccc(Cl)c(c(c1Cl)c23)c54. The van der Waals surface area contributed by atoms with Crippen LogP contribution in [-0.2, 0) is 0 Å². The Hall–Kier alpha value is -2.22. The van der Waals surface area contributed by atoms with Gasteiger partial charge in [-0.2, -0.15) is 0 Å². The van der Waals surface area contributed by atoms with Crippen LogP contribution in [0.2, 0.25) is 20.1 Å². The van der Waals surface area contributed by atoms with Crippen molar-refractivity contribution < 1.29 is 0 Å². The maximum atomic E-state index is 7.46. The van der Waals surface area contributed by atoms with Gasteiger partial charge in [0, 0.05) is 52.9 Å². The molecular formula is C32H24Cl4. The van der Waals surface area contributed by atoms with Crippen LogP contribution in [0.1, 0.15) is 50.7 Å². The van der Waals surface area contributed by atoms with Crippen LogP contribution in [-0.4, -0.2) is 0 Å². The van der Waals surface area contributed by atoms with Gasteiger partial charge in [0.25, 0.3) is 0 Å². The maximum absolute atomic E-state index is 7.46. The van der Waals surface area contributed by atoms with Gasteiger partial charge in [0.2, 0.25) is 0 Å². The third-order valence-corrected chi connectivity index (χ3v) is 8.76. The van der Waals surface area contributed by atoms with Gasteiger partial charge in [0.1, 0.15) is 0 Å². The number of hydrogen-bond acceptors (Lipinski definition) is 0. The lowest BCUT2D eigenvalue weighted by molar-refractivity contribution is 0.838. The molecule has 180 valence electrons. The highest BCUT2D eigenvalue weighted by atomic mass is 35.5. The average molecular weight is 550 g/mol. The minimum absolute atomic E-state index is 0.342. The summed E-state index contributed by atoms with van der Waals surface area (Å²) in [6.45, 7) is 8.93. The van der Waals surface area contributed by atoms with Crippen molar-refractivity contribution in [2.45, 2.75) is 39.5 Å². The lowest BCUT2D eigenvalue weighted by Gasteiger charge is -2.24. The summed E-state index contributed by atoms with van der Waals surface area (Å²) in [5.74, 6) is 0.684. The molecule has 0 aliphatic heterocycles. The van der Waals surface area contributed by atoms with Gasteiger partial charge in [0.05, 0.1) is 5.02 Å². The van der Waals surface area contributed by atoms with Gasteiger partial charge in [-0.1, -0.05) is 110 Å². The van der Waals surface area contributed by atoms with Gasteiger partial charge in [-0.15, -0.1) is 0 Å². The number of rotatable bonds is 3. The largest absolute Gasteiger partial charge is 0.0836 e. The number of benzene rings is 6. The molecular weight excluding hydrogens is 526 g/mol. The van der Waals surface area contributed by atoms with Gasteiger partial charge in [-0.05, 0) is 63.6 Å². The van der Waals surface area contributed by atoms with Gasteiger partial charge in [0.15, 0.2) is 0 Å². The Kier molecular flexibility index (Phi) is 5.82. The van der Waals surface area contributed by atoms with E-state index in [4.69, 9.17) is 46.4 Å². The lowest BCUT2D eigenvalue weighted by atomic mass is 9.82. The van der Waals surface area contributed by atoms with Gasteiger partial charge >= 0.3 is 0 Å². The first-order valence-corrected chi connectivity index (χ1v) is 13.7. The van der Waals surface area contributed by atoms with Crippen molar-refractivity contribution in [1.29, 1.82) is 0 Å². The molecule has 0 bridgehead atoms. The normalized spacial score (nSPS) is 12.4. The van der Waals surface area contributed by atoms with E-state index in [1.807, 2.05) is 30.3 Å². The monoisotopic (exact) mass is 548 g/mol. The molecule has 0 fully saturated rings. The standard InChI is InChI=1S/C32H24Cl4/c1-15(2)19-6-5-7-20(16(3)4)27(19)21-14-18-10-13-23(34)29-26(18)31(32(21)36)30-24(35)12-9-17-8-11-22(33)28(29)25(17)30/h5-16H,1-4H3. The van der Waals surface area contributed by atoms with Crippen LogP contribution in [0.4, 0.5) is 0 Å². The highest BCUT2D eigenvalue weighted by Gasteiger charge is 2.25. The predicted molar refractivity (Wildman–Crippen MR) is 161 cm³/mol. The molecule has 0 nitrogen and oxygen atoms in total. The van der Waals surface area contributed by atoms with E-state index in [0.29, 0.717) is 31.9 Å². The Morgan fingerprint density at radius 3 is 1.44 bits per heavy atom. The molecule has 0 aliphatic carbocycles. The fourth-order valence-corrected chi connectivity index (χ4v) is 6.92. The van der Waals surface area contributed by atoms with Crippen molar-refractivity contribution >= 4 is 89.5 Å². The molecule has 6 aromatic carbocycles. The highest BCUT2D eigenvalue weighted by Crippen LogP contribution is 2.52. The summed E-state index contributed by atoms with van der Waals surface area (Å²) in [6.07, 6.45) is 0. The Morgan fingerprint density at radius 2 is 0.944 bits per heavy atom. The average Bonchev–Trinajstić information content (AvgIpc) is 2.85. The Labute approximate surface area is 231 Å². The van der Waals surface area contributed by atoms with Crippen molar-refractivity contribution in [3.63, 3.8) is 0 Å². The Bertz CT molecular complexity index is 1800. The lowest BCUT2D eigenvalue weighted by Crippen LogP contribution is -2.01. The molecule has 0 heterocycles. The van der Waals surface area contributed by atoms with Crippen LogP contribution < -0.4 is 0 Å². The molecule has 0 N–H and O–H groups in total. The summed E-state index contributed by atoms with van der Waals surface area (Å²) in [5, 5.41) is 10.5. The summed E-state index contributed by atoms with van der Waals surface area (Å²) < 4.78 is 0. The first kappa shape index (κ1) is 24.1. The van der Waals surface area contributed by atoms with Crippen LogP contribution in [0.5, 0.6) is 0 Å². The fraction of sp³-hybridized carbons (Fsp3) is 0.188. The minimum Gasteiger partial charge on any atom is -0.0836 e. The maximum Gasteiger partial charge on any atom is 0.0570 e. The second-order valence-corrected chi connectivity index (χ2v) is 11.8. The second-order valence-electron chi connectivity index (χ2n) is 10.2. The second kappa shape index (κ2) is 8.67. The summed E-state index contributed by atoms with van der Waals surface area (Å²) in [4.78, 5) is 0. The van der Waals surface area contributed by atoms with Crippen LogP contribution in [0.3, 0.4) is 0 Å². The highest BCUT2D eigenvalue weighted by molar-refractivity contribution is 6.53. The Balaban J connectivity index is 1.94. The van der Waals surface area contributed by atoms with E-state index in [9.17, 15) is 0 Å². The molecule has 0 unspecified atom stereocenters. The van der Waals surface area contributed by atoms with Gasteiger partial charge < -0.3 is 0 Å². The zero-order valence-corrected chi connectivity index (χ0v) is 23.5. The van der Waals surface area contributed by atoms with Crippen LogP contribution >= 0.6 is 46.4 Å². The number of fused-ring (bicyclic) bond motifs is 2. The topological polar surface area (TPSA) is 0 Å². The smallest absolute Gasteiger partial charge is 0.0570 e. The molecule has 0 spiro atoms. The summed E-state index contributed by atoms with van der Waals surface area (Å²) in [5.41, 5.74) is 4.81. The van der Waals surface area contributed by atoms with E-state index in [2.05, 4.69) is 58.0 Å². The van der Waals surface area contributed by atoms with Crippen molar-refractivity contribution in [2.75, 3.05) is 0 Å². The number of hydrogen-bond donors (Lipinski definition) is 0. The fourth-order valence-electron chi connectivity index (χ4n) is 5.83. The molecule has 0 saturated carbocycles. The quantitative estimate of drug-likeness (QED) is 0.152. The molecule has 0 aromatic heterocycles. The zero-order chi connectivity index (χ0) is 25.5. The molecule has 0 radical (unpaired) electrons. The van der Waals surface area contributed by atoms with Gasteiger partial charge in [-0.3, -0.25) is 0 Å². The van der Waals surface area contributed by atoms with E-state index < -0.39 is 0 Å². The van der Waals surface area contributed by atoms with E-state index in [1.54, 1.807) is 0 Å². The van der Waals surface area contributed by atoms with Crippen molar-refractivity contribution in [3.8, 4) is 11.1 Å².